The first-order valence-corrected chi connectivity index (χ1v) is 4.72. The van der Waals surface area contributed by atoms with Gasteiger partial charge >= 0.3 is 0 Å². The Bertz CT molecular complexity index is 230. The molecular weight excluding hydrogens is 168 g/mol. The van der Waals surface area contributed by atoms with E-state index in [9.17, 15) is 0 Å². The number of likely N-dealkylation sites (tertiary alicyclic amines) is 1. The number of piperidine rings is 1. The van der Waals surface area contributed by atoms with E-state index in [1.54, 1.807) is 7.11 Å². The van der Waals surface area contributed by atoms with Gasteiger partial charge in [-0.3, -0.25) is 0 Å². The summed E-state index contributed by atoms with van der Waals surface area (Å²) in [5, 5.41) is 3.93. The minimum absolute atomic E-state index is 0.0850. The van der Waals surface area contributed by atoms with Gasteiger partial charge in [0, 0.05) is 6.54 Å². The molecule has 2 aliphatic rings. The van der Waals surface area contributed by atoms with Crippen LogP contribution < -0.4 is 0 Å². The van der Waals surface area contributed by atoms with Crippen LogP contribution in [0.2, 0.25) is 0 Å². The van der Waals surface area contributed by atoms with Gasteiger partial charge in [0.2, 0.25) is 5.90 Å². The third-order valence-corrected chi connectivity index (χ3v) is 2.78. The van der Waals surface area contributed by atoms with E-state index in [0.717, 1.165) is 31.8 Å². The van der Waals surface area contributed by atoms with Crippen LogP contribution in [-0.2, 0) is 9.57 Å². The van der Waals surface area contributed by atoms with E-state index < -0.39 is 0 Å². The smallest absolute Gasteiger partial charge is 0.229 e. The molecule has 1 fully saturated rings. The SMILES string of the molecule is COC1=NOC2(CCCN(C)C2)C1. The van der Waals surface area contributed by atoms with Crippen molar-refractivity contribution >= 4 is 5.90 Å². The number of hydrogen-bond donors (Lipinski definition) is 0. The summed E-state index contributed by atoms with van der Waals surface area (Å²) in [7, 11) is 3.77. The Morgan fingerprint density at radius 2 is 2.46 bits per heavy atom. The molecule has 0 aromatic heterocycles. The summed E-state index contributed by atoms with van der Waals surface area (Å²) in [4.78, 5) is 7.77. The zero-order valence-electron chi connectivity index (χ0n) is 8.25. The van der Waals surface area contributed by atoms with Crippen molar-refractivity contribution in [3.63, 3.8) is 0 Å². The molecule has 0 aromatic rings. The van der Waals surface area contributed by atoms with Crippen molar-refractivity contribution in [1.29, 1.82) is 0 Å². The standard InChI is InChI=1S/C9H16N2O2/c1-11-5-3-4-9(7-11)6-8(12-2)10-13-9/h3-7H2,1-2H3. The molecular formula is C9H16N2O2. The molecule has 13 heavy (non-hydrogen) atoms. The molecule has 74 valence electrons. The molecule has 4 heteroatoms. The normalized spacial score (nSPS) is 34.5. The van der Waals surface area contributed by atoms with E-state index in [0.29, 0.717) is 0 Å². The molecule has 0 aliphatic carbocycles. The lowest BCUT2D eigenvalue weighted by Gasteiger charge is -2.35. The third-order valence-electron chi connectivity index (χ3n) is 2.78. The number of likely N-dealkylation sites (N-methyl/N-ethyl adjacent to an activating group) is 1. The lowest BCUT2D eigenvalue weighted by Crippen LogP contribution is -2.46. The van der Waals surface area contributed by atoms with Crippen LogP contribution in [0.1, 0.15) is 19.3 Å². The Morgan fingerprint density at radius 1 is 1.62 bits per heavy atom. The van der Waals surface area contributed by atoms with Crippen LogP contribution >= 0.6 is 0 Å². The second kappa shape index (κ2) is 3.18. The topological polar surface area (TPSA) is 34.1 Å². The maximum Gasteiger partial charge on any atom is 0.229 e. The Morgan fingerprint density at radius 3 is 3.08 bits per heavy atom. The molecule has 2 heterocycles. The fourth-order valence-corrected chi connectivity index (χ4v) is 2.14. The Hall–Kier alpha value is -0.770. The summed E-state index contributed by atoms with van der Waals surface area (Å²) in [6, 6.07) is 0. The van der Waals surface area contributed by atoms with Crippen LogP contribution in [0.25, 0.3) is 0 Å². The van der Waals surface area contributed by atoms with Gasteiger partial charge in [-0.15, -0.1) is 0 Å². The van der Waals surface area contributed by atoms with Gasteiger partial charge in [0.1, 0.15) is 0 Å². The number of oxime groups is 1. The average molecular weight is 184 g/mol. The van der Waals surface area contributed by atoms with Gasteiger partial charge in [-0.25, -0.2) is 0 Å². The van der Waals surface area contributed by atoms with Gasteiger partial charge in [-0.2, -0.15) is 0 Å². The number of rotatable bonds is 0. The average Bonchev–Trinajstić information content (AvgIpc) is 2.48. The first-order chi connectivity index (χ1) is 6.24. The molecule has 0 amide bonds. The number of ether oxygens (including phenoxy) is 1. The zero-order chi connectivity index (χ0) is 9.31. The highest BCUT2D eigenvalue weighted by Gasteiger charge is 2.42. The van der Waals surface area contributed by atoms with Crippen molar-refractivity contribution < 1.29 is 9.57 Å². The summed E-state index contributed by atoms with van der Waals surface area (Å²) >= 11 is 0. The molecule has 2 aliphatic heterocycles. The van der Waals surface area contributed by atoms with E-state index in [1.165, 1.54) is 6.42 Å². The highest BCUT2D eigenvalue weighted by molar-refractivity contribution is 5.77. The van der Waals surface area contributed by atoms with Gasteiger partial charge in [-0.05, 0) is 26.4 Å². The van der Waals surface area contributed by atoms with E-state index in [2.05, 4.69) is 17.1 Å². The van der Waals surface area contributed by atoms with Gasteiger partial charge in [0.05, 0.1) is 13.5 Å². The van der Waals surface area contributed by atoms with Crippen LogP contribution in [-0.4, -0.2) is 43.6 Å². The Kier molecular flexibility index (Phi) is 2.15. The highest BCUT2D eigenvalue weighted by atomic mass is 16.7. The van der Waals surface area contributed by atoms with Crippen molar-refractivity contribution in [3.8, 4) is 0 Å². The fraction of sp³-hybridized carbons (Fsp3) is 0.889. The zero-order valence-corrected chi connectivity index (χ0v) is 8.25. The largest absolute Gasteiger partial charge is 0.482 e. The molecule has 1 atom stereocenters. The molecule has 0 radical (unpaired) electrons. The molecule has 0 N–H and O–H groups in total. The quantitative estimate of drug-likeness (QED) is 0.559. The van der Waals surface area contributed by atoms with Crippen molar-refractivity contribution in [3.05, 3.63) is 0 Å². The number of nitrogens with zero attached hydrogens (tertiary/aromatic N) is 2. The second-order valence-electron chi connectivity index (χ2n) is 3.98. The van der Waals surface area contributed by atoms with E-state index in [4.69, 9.17) is 9.57 Å². The summed E-state index contributed by atoms with van der Waals surface area (Å²) in [5.41, 5.74) is -0.0850. The Balaban J connectivity index is 2.00. The highest BCUT2D eigenvalue weighted by Crippen LogP contribution is 2.32. The van der Waals surface area contributed by atoms with Crippen molar-refractivity contribution in [2.45, 2.75) is 24.9 Å². The van der Waals surface area contributed by atoms with Crippen LogP contribution in [0, 0.1) is 0 Å². The van der Waals surface area contributed by atoms with Crippen molar-refractivity contribution in [1.82, 2.24) is 4.90 Å². The van der Waals surface area contributed by atoms with Crippen molar-refractivity contribution in [2.24, 2.45) is 5.16 Å². The molecule has 4 nitrogen and oxygen atoms in total. The summed E-state index contributed by atoms with van der Waals surface area (Å²) < 4.78 is 5.08. The molecule has 0 saturated carbocycles. The predicted molar refractivity (Wildman–Crippen MR) is 49.6 cm³/mol. The van der Waals surface area contributed by atoms with Crippen LogP contribution in [0.4, 0.5) is 0 Å². The summed E-state index contributed by atoms with van der Waals surface area (Å²) in [6.07, 6.45) is 3.10. The van der Waals surface area contributed by atoms with Gasteiger partial charge < -0.3 is 14.5 Å². The number of hydrogen-bond acceptors (Lipinski definition) is 4. The minimum Gasteiger partial charge on any atom is -0.482 e. The number of methoxy groups -OCH3 is 1. The molecule has 1 unspecified atom stereocenters. The van der Waals surface area contributed by atoms with Gasteiger partial charge in [0.15, 0.2) is 5.60 Å². The third kappa shape index (κ3) is 1.63. The second-order valence-corrected chi connectivity index (χ2v) is 3.98. The predicted octanol–water partition coefficient (Wildman–Crippen LogP) is 0.831. The minimum atomic E-state index is -0.0850. The van der Waals surface area contributed by atoms with Gasteiger partial charge in [0.25, 0.3) is 0 Å². The molecule has 1 spiro atoms. The maximum absolute atomic E-state index is 5.48. The molecule has 2 rings (SSSR count). The monoisotopic (exact) mass is 184 g/mol. The van der Waals surface area contributed by atoms with E-state index in [-0.39, 0.29) is 5.60 Å². The maximum atomic E-state index is 5.48. The lowest BCUT2D eigenvalue weighted by atomic mass is 9.90. The molecule has 0 bridgehead atoms. The van der Waals surface area contributed by atoms with E-state index in [1.807, 2.05) is 0 Å². The fourth-order valence-electron chi connectivity index (χ4n) is 2.14. The Labute approximate surface area is 78.5 Å². The first-order valence-electron chi connectivity index (χ1n) is 4.72. The van der Waals surface area contributed by atoms with Gasteiger partial charge in [-0.1, -0.05) is 5.16 Å². The van der Waals surface area contributed by atoms with Crippen molar-refractivity contribution in [2.75, 3.05) is 27.2 Å². The summed E-state index contributed by atoms with van der Waals surface area (Å²) in [5.74, 6) is 0.732. The van der Waals surface area contributed by atoms with Crippen LogP contribution in [0.3, 0.4) is 0 Å². The first kappa shape index (κ1) is 8.81. The lowest BCUT2D eigenvalue weighted by molar-refractivity contribution is -0.0631. The molecule has 0 aromatic carbocycles. The van der Waals surface area contributed by atoms with Crippen LogP contribution in [0.5, 0.6) is 0 Å². The van der Waals surface area contributed by atoms with E-state index >= 15 is 0 Å². The van der Waals surface area contributed by atoms with Crippen LogP contribution in [0.15, 0.2) is 5.16 Å². The molecule has 1 saturated heterocycles. The summed E-state index contributed by atoms with van der Waals surface area (Å²) in [6.45, 7) is 2.12.